The van der Waals surface area contributed by atoms with Crippen LogP contribution in [0.15, 0.2) is 24.3 Å². The van der Waals surface area contributed by atoms with Crippen LogP contribution >= 0.6 is 11.6 Å². The summed E-state index contributed by atoms with van der Waals surface area (Å²) in [6, 6.07) is 9.84. The molecule has 0 spiro atoms. The van der Waals surface area contributed by atoms with Crippen LogP contribution in [-0.2, 0) is 0 Å². The Bertz CT molecular complexity index is 343. The molecule has 0 aliphatic heterocycles. The highest BCUT2D eigenvalue weighted by molar-refractivity contribution is 6.33. The van der Waals surface area contributed by atoms with Crippen molar-refractivity contribution in [2.24, 2.45) is 5.92 Å². The van der Waals surface area contributed by atoms with Crippen LogP contribution in [0.4, 0.5) is 5.69 Å². The average molecular weight is 209 g/mol. The maximum Gasteiger partial charge on any atom is 0.0671 e. The molecular formula is C11H13ClN2. The smallest absolute Gasteiger partial charge is 0.0671 e. The molecule has 1 aromatic rings. The molecule has 0 aliphatic carbocycles. The van der Waals surface area contributed by atoms with Crippen molar-refractivity contribution in [3.05, 3.63) is 29.3 Å². The Balaban J connectivity index is 2.75. The summed E-state index contributed by atoms with van der Waals surface area (Å²) in [6.07, 6.45) is 0. The predicted octanol–water partition coefficient (Wildman–Crippen LogP) is 2.94. The summed E-state index contributed by atoms with van der Waals surface area (Å²) in [5.74, 6) is 0.0104. The van der Waals surface area contributed by atoms with Gasteiger partial charge in [0, 0.05) is 13.6 Å². The van der Waals surface area contributed by atoms with Gasteiger partial charge >= 0.3 is 0 Å². The van der Waals surface area contributed by atoms with Crippen LogP contribution in [-0.4, -0.2) is 13.6 Å². The van der Waals surface area contributed by atoms with E-state index >= 15 is 0 Å². The van der Waals surface area contributed by atoms with Crippen molar-refractivity contribution in [2.75, 3.05) is 18.5 Å². The molecule has 0 bridgehead atoms. The molecule has 0 amide bonds. The first-order valence-corrected chi connectivity index (χ1v) is 4.88. The monoisotopic (exact) mass is 208 g/mol. The molecule has 1 aromatic carbocycles. The van der Waals surface area contributed by atoms with Crippen LogP contribution < -0.4 is 4.90 Å². The molecule has 0 saturated heterocycles. The maximum absolute atomic E-state index is 8.69. The summed E-state index contributed by atoms with van der Waals surface area (Å²) >= 11 is 6.02. The zero-order valence-corrected chi connectivity index (χ0v) is 9.12. The Kier molecular flexibility index (Phi) is 3.79. The van der Waals surface area contributed by atoms with E-state index in [1.54, 1.807) is 0 Å². The summed E-state index contributed by atoms with van der Waals surface area (Å²) < 4.78 is 0. The van der Waals surface area contributed by atoms with E-state index in [4.69, 9.17) is 16.9 Å². The van der Waals surface area contributed by atoms with E-state index < -0.39 is 0 Å². The number of halogens is 1. The third-order valence-corrected chi connectivity index (χ3v) is 2.35. The van der Waals surface area contributed by atoms with E-state index in [-0.39, 0.29) is 5.92 Å². The Morgan fingerprint density at radius 3 is 2.71 bits per heavy atom. The van der Waals surface area contributed by atoms with Gasteiger partial charge in [0.25, 0.3) is 0 Å². The lowest BCUT2D eigenvalue weighted by Crippen LogP contribution is -2.23. The van der Waals surface area contributed by atoms with E-state index in [0.29, 0.717) is 6.54 Å². The molecule has 14 heavy (non-hydrogen) atoms. The first-order chi connectivity index (χ1) is 6.65. The molecule has 0 radical (unpaired) electrons. The van der Waals surface area contributed by atoms with Crippen molar-refractivity contribution in [1.29, 1.82) is 5.26 Å². The molecule has 0 saturated carbocycles. The topological polar surface area (TPSA) is 27.0 Å². The zero-order valence-electron chi connectivity index (χ0n) is 8.37. The van der Waals surface area contributed by atoms with Crippen LogP contribution in [0, 0.1) is 17.2 Å². The van der Waals surface area contributed by atoms with Gasteiger partial charge in [-0.05, 0) is 19.1 Å². The minimum Gasteiger partial charge on any atom is -0.372 e. The molecule has 0 fully saturated rings. The van der Waals surface area contributed by atoms with Crippen molar-refractivity contribution < 1.29 is 0 Å². The molecule has 1 unspecified atom stereocenters. The van der Waals surface area contributed by atoms with Gasteiger partial charge in [0.2, 0.25) is 0 Å². The van der Waals surface area contributed by atoms with Crippen molar-refractivity contribution in [3.63, 3.8) is 0 Å². The second-order valence-corrected chi connectivity index (χ2v) is 3.77. The molecule has 0 N–H and O–H groups in total. The fourth-order valence-electron chi connectivity index (χ4n) is 1.31. The van der Waals surface area contributed by atoms with E-state index in [9.17, 15) is 0 Å². The van der Waals surface area contributed by atoms with Gasteiger partial charge in [0.1, 0.15) is 0 Å². The number of nitrogens with zero attached hydrogens (tertiary/aromatic N) is 2. The van der Waals surface area contributed by atoms with Gasteiger partial charge in [-0.25, -0.2) is 0 Å². The minimum absolute atomic E-state index is 0.0104. The molecular weight excluding hydrogens is 196 g/mol. The van der Waals surface area contributed by atoms with Gasteiger partial charge in [-0.2, -0.15) is 5.26 Å². The molecule has 0 heterocycles. The lowest BCUT2D eigenvalue weighted by atomic mass is 10.2. The lowest BCUT2D eigenvalue weighted by Gasteiger charge is -2.21. The highest BCUT2D eigenvalue weighted by atomic mass is 35.5. The number of rotatable bonds is 3. The zero-order chi connectivity index (χ0) is 10.6. The minimum atomic E-state index is 0.0104. The van der Waals surface area contributed by atoms with Crippen molar-refractivity contribution in [1.82, 2.24) is 0 Å². The van der Waals surface area contributed by atoms with E-state index in [0.717, 1.165) is 10.7 Å². The van der Waals surface area contributed by atoms with Gasteiger partial charge in [0.15, 0.2) is 0 Å². The van der Waals surface area contributed by atoms with Crippen molar-refractivity contribution >= 4 is 17.3 Å². The van der Waals surface area contributed by atoms with E-state index in [1.807, 2.05) is 43.1 Å². The fraction of sp³-hybridized carbons (Fsp3) is 0.364. The van der Waals surface area contributed by atoms with Crippen LogP contribution in [0.5, 0.6) is 0 Å². The van der Waals surface area contributed by atoms with Gasteiger partial charge in [-0.15, -0.1) is 0 Å². The van der Waals surface area contributed by atoms with Gasteiger partial charge in [-0.3, -0.25) is 0 Å². The largest absolute Gasteiger partial charge is 0.372 e. The maximum atomic E-state index is 8.69. The van der Waals surface area contributed by atoms with E-state index in [2.05, 4.69) is 6.07 Å². The molecule has 1 atom stereocenters. The second kappa shape index (κ2) is 4.88. The van der Waals surface area contributed by atoms with Crippen LogP contribution in [0.25, 0.3) is 0 Å². The molecule has 0 aliphatic rings. The summed E-state index contributed by atoms with van der Waals surface area (Å²) in [5, 5.41) is 9.41. The standard InChI is InChI=1S/C11H13ClN2/c1-9(7-13)8-14(2)11-6-4-3-5-10(11)12/h3-6,9H,8H2,1-2H3. The summed E-state index contributed by atoms with van der Waals surface area (Å²) in [6.45, 7) is 2.59. The number of hydrogen-bond donors (Lipinski definition) is 0. The molecule has 2 nitrogen and oxygen atoms in total. The third kappa shape index (κ3) is 2.65. The highest BCUT2D eigenvalue weighted by Crippen LogP contribution is 2.24. The Morgan fingerprint density at radius 1 is 1.50 bits per heavy atom. The van der Waals surface area contributed by atoms with Gasteiger partial charge in [-0.1, -0.05) is 23.7 Å². The van der Waals surface area contributed by atoms with Crippen molar-refractivity contribution in [3.8, 4) is 6.07 Å². The molecule has 74 valence electrons. The highest BCUT2D eigenvalue weighted by Gasteiger charge is 2.08. The number of hydrogen-bond acceptors (Lipinski definition) is 2. The number of benzene rings is 1. The third-order valence-electron chi connectivity index (χ3n) is 2.03. The number of anilines is 1. The predicted molar refractivity (Wildman–Crippen MR) is 59.5 cm³/mol. The molecule has 3 heteroatoms. The average Bonchev–Trinajstić information content (AvgIpc) is 2.18. The Morgan fingerprint density at radius 2 is 2.14 bits per heavy atom. The fourth-order valence-corrected chi connectivity index (χ4v) is 1.59. The first kappa shape index (κ1) is 10.9. The SMILES string of the molecule is CC(C#N)CN(C)c1ccccc1Cl. The van der Waals surface area contributed by atoms with Crippen molar-refractivity contribution in [2.45, 2.75) is 6.92 Å². The Labute approximate surface area is 89.7 Å². The van der Waals surface area contributed by atoms with Crippen LogP contribution in [0.2, 0.25) is 5.02 Å². The first-order valence-electron chi connectivity index (χ1n) is 4.50. The van der Waals surface area contributed by atoms with Gasteiger partial charge < -0.3 is 4.90 Å². The molecule has 1 rings (SSSR count). The number of nitriles is 1. The van der Waals surface area contributed by atoms with Crippen LogP contribution in [0.1, 0.15) is 6.92 Å². The lowest BCUT2D eigenvalue weighted by molar-refractivity contribution is 0.716. The van der Waals surface area contributed by atoms with Crippen LogP contribution in [0.3, 0.4) is 0 Å². The quantitative estimate of drug-likeness (QED) is 0.764. The van der Waals surface area contributed by atoms with Gasteiger partial charge in [0.05, 0.1) is 22.7 Å². The number of para-hydroxylation sites is 1. The normalized spacial score (nSPS) is 11.9. The Hall–Kier alpha value is -1.20. The molecule has 0 aromatic heterocycles. The van der Waals surface area contributed by atoms with E-state index in [1.165, 1.54) is 0 Å². The summed E-state index contributed by atoms with van der Waals surface area (Å²) in [7, 11) is 1.94. The summed E-state index contributed by atoms with van der Waals surface area (Å²) in [4.78, 5) is 2.00. The summed E-state index contributed by atoms with van der Waals surface area (Å²) in [5.41, 5.74) is 0.969. The second-order valence-electron chi connectivity index (χ2n) is 3.36.